The van der Waals surface area contributed by atoms with Gasteiger partial charge < -0.3 is 0 Å². The van der Waals surface area contributed by atoms with Crippen molar-refractivity contribution in [1.82, 2.24) is 0 Å². The van der Waals surface area contributed by atoms with Crippen LogP contribution in [0.2, 0.25) is 0 Å². The zero-order chi connectivity index (χ0) is 34.4. The second kappa shape index (κ2) is 9.86. The van der Waals surface area contributed by atoms with Crippen LogP contribution in [0.1, 0.15) is 32.0 Å². The molecule has 0 atom stereocenters. The van der Waals surface area contributed by atoms with Crippen LogP contribution in [0.5, 0.6) is 0 Å². The molecule has 1 aliphatic carbocycles. The van der Waals surface area contributed by atoms with Gasteiger partial charge in [-0.05, 0) is 105 Å². The summed E-state index contributed by atoms with van der Waals surface area (Å²) in [6.07, 6.45) is 0. The first-order chi connectivity index (χ1) is 23.3. The lowest BCUT2D eigenvalue weighted by Crippen LogP contribution is -2.48. The number of rotatable bonds is 2. The van der Waals surface area contributed by atoms with Gasteiger partial charge in [-0.15, -0.1) is 22.7 Å². The van der Waals surface area contributed by atoms with Crippen LogP contribution in [0.15, 0.2) is 84.9 Å². The van der Waals surface area contributed by atoms with Crippen molar-refractivity contribution in [3.8, 4) is 0 Å². The minimum absolute atomic E-state index is 0.243. The Bertz CT molecular complexity index is 2610. The van der Waals surface area contributed by atoms with E-state index < -0.39 is 28.9 Å². The zero-order valence-corrected chi connectivity index (χ0v) is 28.3. The van der Waals surface area contributed by atoms with Crippen molar-refractivity contribution in [1.29, 1.82) is 0 Å². The predicted molar refractivity (Wildman–Crippen MR) is 194 cm³/mol. The number of benzene rings is 6. The minimum Gasteiger partial charge on any atom is -0.194 e. The van der Waals surface area contributed by atoms with Crippen LogP contribution < -0.4 is 0 Å². The molecule has 1 aliphatic rings. The summed E-state index contributed by atoms with van der Waals surface area (Å²) in [5.41, 5.74) is -0.0797. The molecule has 0 unspecified atom stereocenters. The summed E-state index contributed by atoms with van der Waals surface area (Å²) in [5.74, 6) is -15.9. The fourth-order valence-electron chi connectivity index (χ4n) is 8.04. The summed E-state index contributed by atoms with van der Waals surface area (Å²) in [6.45, 7) is 7.07. The van der Waals surface area contributed by atoms with Gasteiger partial charge in [0.1, 0.15) is 0 Å². The first kappa shape index (κ1) is 30.6. The van der Waals surface area contributed by atoms with Crippen molar-refractivity contribution >= 4 is 97.1 Å². The van der Waals surface area contributed by atoms with Gasteiger partial charge in [-0.1, -0.05) is 72.8 Å². The molecule has 0 spiro atoms. The lowest BCUT2D eigenvalue weighted by Gasteiger charge is -2.25. The Morgan fingerprint density at radius 1 is 0.449 bits per heavy atom. The maximum Gasteiger partial charge on any atom is 0.380 e. The Kier molecular flexibility index (Phi) is 6.16. The van der Waals surface area contributed by atoms with Crippen molar-refractivity contribution in [2.75, 3.05) is 0 Å². The van der Waals surface area contributed by atoms with Crippen LogP contribution in [0.3, 0.4) is 0 Å². The van der Waals surface area contributed by atoms with E-state index in [1.165, 1.54) is 0 Å². The van der Waals surface area contributed by atoms with E-state index in [-0.39, 0.29) is 20.9 Å². The van der Waals surface area contributed by atoms with Crippen LogP contribution >= 0.6 is 22.7 Å². The summed E-state index contributed by atoms with van der Waals surface area (Å²) in [6, 6.07) is 26.7. The van der Waals surface area contributed by atoms with E-state index in [2.05, 4.69) is 0 Å². The van der Waals surface area contributed by atoms with E-state index in [1.807, 2.05) is 86.6 Å². The van der Waals surface area contributed by atoms with Crippen molar-refractivity contribution in [2.24, 2.45) is 0 Å². The Balaban J connectivity index is 1.43. The molecule has 0 aliphatic heterocycles. The van der Waals surface area contributed by atoms with Gasteiger partial charge >= 0.3 is 17.8 Å². The summed E-state index contributed by atoms with van der Waals surface area (Å²) in [7, 11) is 0. The van der Waals surface area contributed by atoms with Crippen LogP contribution in [0, 0.1) is 27.7 Å². The third kappa shape index (κ3) is 3.76. The number of hydrogen-bond acceptors (Lipinski definition) is 2. The van der Waals surface area contributed by atoms with Crippen LogP contribution in [0.4, 0.5) is 26.3 Å². The summed E-state index contributed by atoms with van der Waals surface area (Å²) < 4.78 is 97.5. The third-order valence-electron chi connectivity index (χ3n) is 10.4. The van der Waals surface area contributed by atoms with Gasteiger partial charge in [0.15, 0.2) is 0 Å². The Morgan fingerprint density at radius 2 is 0.837 bits per heavy atom. The maximum absolute atomic E-state index is 16.3. The van der Waals surface area contributed by atoms with E-state index in [0.29, 0.717) is 20.2 Å². The number of hydrogen-bond donors (Lipinski definition) is 0. The highest BCUT2D eigenvalue weighted by molar-refractivity contribution is 7.21. The minimum atomic E-state index is -5.65. The zero-order valence-electron chi connectivity index (χ0n) is 26.7. The fraction of sp³-hybridized carbons (Fsp3) is 0.171. The molecule has 0 fully saturated rings. The molecular weight excluding hydrogens is 671 g/mol. The molecule has 0 amide bonds. The predicted octanol–water partition coefficient (Wildman–Crippen LogP) is 13.8. The second-order valence-electron chi connectivity index (χ2n) is 13.1. The summed E-state index contributed by atoms with van der Waals surface area (Å²) >= 11 is 1.74. The van der Waals surface area contributed by atoms with Crippen molar-refractivity contribution in [2.45, 2.75) is 45.5 Å². The molecule has 0 N–H and O–H groups in total. The highest BCUT2D eigenvalue weighted by Crippen LogP contribution is 2.67. The SMILES string of the molecule is Cc1cc2ccccc2c2c1ccc1sc(C3=C(c4sc5ccc6c(C)cc7ccccc7c6c5c4C)C(F)(F)C(F)(F)C3(F)F)c(C)c12. The first-order valence-corrected chi connectivity index (χ1v) is 17.5. The monoisotopic (exact) mass is 696 g/mol. The molecule has 49 heavy (non-hydrogen) atoms. The van der Waals surface area contributed by atoms with Gasteiger partial charge in [-0.2, -0.15) is 26.3 Å². The van der Waals surface area contributed by atoms with Gasteiger partial charge in [-0.3, -0.25) is 0 Å². The smallest absolute Gasteiger partial charge is 0.194 e. The molecule has 0 nitrogen and oxygen atoms in total. The number of thiophene rings is 2. The number of halogens is 6. The lowest BCUT2D eigenvalue weighted by molar-refractivity contribution is -0.254. The molecule has 6 aromatic carbocycles. The normalized spacial score (nSPS) is 17.2. The molecule has 0 radical (unpaired) electrons. The number of fused-ring (bicyclic) bond motifs is 10. The average molecular weight is 697 g/mol. The molecule has 2 aromatic heterocycles. The summed E-state index contributed by atoms with van der Waals surface area (Å²) in [4.78, 5) is -0.485. The van der Waals surface area contributed by atoms with E-state index in [0.717, 1.165) is 76.9 Å². The Labute approximate surface area is 284 Å². The Morgan fingerprint density at radius 3 is 1.24 bits per heavy atom. The highest BCUT2D eigenvalue weighted by Gasteiger charge is 2.80. The quantitative estimate of drug-likeness (QED) is 0.125. The van der Waals surface area contributed by atoms with E-state index >= 15 is 26.3 Å². The van der Waals surface area contributed by atoms with Crippen LogP contribution in [0.25, 0.3) is 74.4 Å². The average Bonchev–Trinajstić information content (AvgIpc) is 3.61. The highest BCUT2D eigenvalue weighted by atomic mass is 32.1. The largest absolute Gasteiger partial charge is 0.380 e. The molecule has 0 bridgehead atoms. The van der Waals surface area contributed by atoms with Gasteiger partial charge in [-0.25, -0.2) is 0 Å². The van der Waals surface area contributed by atoms with Crippen molar-refractivity contribution in [3.63, 3.8) is 0 Å². The number of allylic oxidation sites excluding steroid dienone is 2. The topological polar surface area (TPSA) is 0 Å². The van der Waals surface area contributed by atoms with Gasteiger partial charge in [0.05, 0.1) is 11.1 Å². The molecule has 244 valence electrons. The van der Waals surface area contributed by atoms with Crippen molar-refractivity contribution in [3.05, 3.63) is 117 Å². The van der Waals surface area contributed by atoms with Crippen LogP contribution in [-0.4, -0.2) is 17.8 Å². The molecule has 8 aromatic rings. The van der Waals surface area contributed by atoms with Gasteiger partial charge in [0.2, 0.25) is 0 Å². The van der Waals surface area contributed by atoms with Gasteiger partial charge in [0.25, 0.3) is 0 Å². The van der Waals surface area contributed by atoms with Crippen LogP contribution in [-0.2, 0) is 0 Å². The molecule has 0 saturated heterocycles. The van der Waals surface area contributed by atoms with E-state index in [4.69, 9.17) is 0 Å². The maximum atomic E-state index is 16.3. The Hall–Kier alpha value is -4.40. The third-order valence-corrected chi connectivity index (χ3v) is 12.9. The molecule has 9 rings (SSSR count). The fourth-order valence-corrected chi connectivity index (χ4v) is 10.6. The van der Waals surface area contributed by atoms with E-state index in [1.54, 1.807) is 26.0 Å². The number of alkyl halides is 6. The molecule has 8 heteroatoms. The van der Waals surface area contributed by atoms with E-state index in [9.17, 15) is 0 Å². The first-order valence-electron chi connectivity index (χ1n) is 15.8. The lowest BCUT2D eigenvalue weighted by atomic mass is 9.92. The van der Waals surface area contributed by atoms with Crippen molar-refractivity contribution < 1.29 is 26.3 Å². The molecule has 0 saturated carbocycles. The molecule has 2 heterocycles. The molecular formula is C41H26F6S2. The van der Waals surface area contributed by atoms with Gasteiger partial charge in [0, 0.05) is 29.9 Å². The standard InChI is InChI=1S/C41H26F6S2/c1-19-17-23-9-5-7-11-27(23)33-25(19)13-15-29-31(33)21(3)37(48-29)35-36(40(44,45)41(46,47)39(35,42)43)38-22(4)32-30(49-38)16-14-26-20(2)18-24-10-6-8-12-28(24)34(26)32/h5-18H,1-4H3. The number of aryl methyl sites for hydroxylation is 4. The summed E-state index contributed by atoms with van der Waals surface area (Å²) in [5, 5.41) is 8.20. The second-order valence-corrected chi connectivity index (χ2v) is 15.2.